The largest absolute Gasteiger partial charge is 0.277 e. The van der Waals surface area contributed by atoms with Gasteiger partial charge in [0.2, 0.25) is 5.95 Å². The van der Waals surface area contributed by atoms with Crippen molar-refractivity contribution >= 4 is 12.2 Å². The van der Waals surface area contributed by atoms with Crippen molar-refractivity contribution in [3.05, 3.63) is 75.8 Å². The number of hydrazone groups is 1. The first-order chi connectivity index (χ1) is 15.2. The van der Waals surface area contributed by atoms with Gasteiger partial charge in [-0.05, 0) is 49.4 Å². The molecule has 0 amide bonds. The molecule has 0 unspecified atom stereocenters. The molecule has 2 heterocycles. The third-order valence-corrected chi connectivity index (χ3v) is 6.71. The Hall–Kier alpha value is -3.28. The van der Waals surface area contributed by atoms with E-state index in [2.05, 4.69) is 33.7 Å². The van der Waals surface area contributed by atoms with Crippen LogP contribution in [0.5, 0.6) is 0 Å². The van der Waals surface area contributed by atoms with Gasteiger partial charge in [-0.1, -0.05) is 43.5 Å². The summed E-state index contributed by atoms with van der Waals surface area (Å²) < 4.78 is 1.73. The molecule has 0 radical (unpaired) electrons. The summed E-state index contributed by atoms with van der Waals surface area (Å²) in [4.78, 5) is 22.8. The molecule has 6 heteroatoms. The minimum Gasteiger partial charge on any atom is -0.277 e. The Kier molecular flexibility index (Phi) is 5.14. The molecule has 1 saturated carbocycles. The maximum absolute atomic E-state index is 13.8. The number of rotatable bonds is 4. The molecule has 0 aliphatic heterocycles. The average molecular weight is 414 g/mol. The molecule has 0 saturated heterocycles. The first kappa shape index (κ1) is 19.7. The van der Waals surface area contributed by atoms with Gasteiger partial charge in [-0.25, -0.2) is 10.4 Å². The highest BCUT2D eigenvalue weighted by molar-refractivity contribution is 5.79. The van der Waals surface area contributed by atoms with E-state index in [1.807, 2.05) is 25.1 Å². The molecule has 0 bridgehead atoms. The van der Waals surface area contributed by atoms with Crippen molar-refractivity contribution in [2.24, 2.45) is 5.10 Å². The Morgan fingerprint density at radius 3 is 2.68 bits per heavy atom. The number of fused-ring (bicyclic) bond motifs is 4. The Labute approximate surface area is 182 Å². The number of aromatic nitrogens is 3. The van der Waals surface area contributed by atoms with Crippen LogP contribution >= 0.6 is 0 Å². The fraction of sp³-hybridized carbons (Fsp3) is 0.360. The summed E-state index contributed by atoms with van der Waals surface area (Å²) in [5, 5.41) is 4.35. The van der Waals surface area contributed by atoms with Crippen LogP contribution in [-0.2, 0) is 18.4 Å². The van der Waals surface area contributed by atoms with E-state index in [9.17, 15) is 4.79 Å². The van der Waals surface area contributed by atoms with Crippen LogP contribution in [0.4, 0.5) is 5.95 Å². The number of nitrogens with one attached hydrogen (secondary N) is 1. The normalized spacial score (nSPS) is 16.8. The number of nitrogens with zero attached hydrogens (tertiary/aromatic N) is 4. The van der Waals surface area contributed by atoms with Crippen LogP contribution in [0.15, 0.2) is 58.7 Å². The minimum atomic E-state index is -0.0955. The van der Waals surface area contributed by atoms with Crippen molar-refractivity contribution in [3.63, 3.8) is 0 Å². The third kappa shape index (κ3) is 3.46. The summed E-state index contributed by atoms with van der Waals surface area (Å²) in [5.41, 5.74) is 8.06. The molecular formula is C25H27N5O. The molecule has 158 valence electrons. The van der Waals surface area contributed by atoms with Crippen molar-refractivity contribution in [3.8, 4) is 11.3 Å². The SMILES string of the molecule is CCn1c(N/N=C/c2ccncc2)nc2c(c1=O)C1(CCCCC1)Cc1ccccc1-2. The van der Waals surface area contributed by atoms with E-state index in [0.717, 1.165) is 41.6 Å². The standard InChI is InChI=1S/C25H27N5O/c1-2-30-23(31)21-22(28-24(30)29-27-17-18-10-14-26-15-11-18)20-9-5-4-8-19(20)16-25(21)12-6-3-7-13-25/h4-5,8-11,14-15,17H,2-3,6-7,12-13,16H2,1H3,(H,28,29)/b27-17+. The molecule has 1 N–H and O–H groups in total. The van der Waals surface area contributed by atoms with E-state index < -0.39 is 0 Å². The summed E-state index contributed by atoms with van der Waals surface area (Å²) in [6, 6.07) is 12.2. The Morgan fingerprint density at radius 1 is 1.13 bits per heavy atom. The van der Waals surface area contributed by atoms with Crippen molar-refractivity contribution in [1.82, 2.24) is 14.5 Å². The van der Waals surface area contributed by atoms with Gasteiger partial charge in [0.1, 0.15) is 0 Å². The summed E-state index contributed by atoms with van der Waals surface area (Å²) in [7, 11) is 0. The van der Waals surface area contributed by atoms with Gasteiger partial charge < -0.3 is 0 Å². The summed E-state index contributed by atoms with van der Waals surface area (Å²) >= 11 is 0. The molecule has 3 aromatic rings. The molecule has 2 aromatic heterocycles. The van der Waals surface area contributed by atoms with Gasteiger partial charge >= 0.3 is 0 Å². The summed E-state index contributed by atoms with van der Waals surface area (Å²) in [6.45, 7) is 2.53. The zero-order valence-electron chi connectivity index (χ0n) is 17.8. The number of anilines is 1. The summed E-state index contributed by atoms with van der Waals surface area (Å²) in [5.74, 6) is 0.485. The zero-order valence-corrected chi connectivity index (χ0v) is 17.8. The van der Waals surface area contributed by atoms with E-state index in [-0.39, 0.29) is 11.0 Å². The maximum Gasteiger partial charge on any atom is 0.259 e. The van der Waals surface area contributed by atoms with Crippen molar-refractivity contribution < 1.29 is 0 Å². The van der Waals surface area contributed by atoms with E-state index in [1.54, 1.807) is 23.2 Å². The Balaban J connectivity index is 1.64. The lowest BCUT2D eigenvalue weighted by Crippen LogP contribution is -2.43. The second kappa shape index (κ2) is 8.10. The topological polar surface area (TPSA) is 72.2 Å². The highest BCUT2D eigenvalue weighted by Crippen LogP contribution is 2.48. The van der Waals surface area contributed by atoms with Crippen molar-refractivity contribution in [2.75, 3.05) is 5.43 Å². The molecular weight excluding hydrogens is 386 g/mol. The van der Waals surface area contributed by atoms with E-state index >= 15 is 0 Å². The molecule has 6 nitrogen and oxygen atoms in total. The zero-order chi connectivity index (χ0) is 21.3. The van der Waals surface area contributed by atoms with E-state index in [1.165, 1.54) is 24.8 Å². The highest BCUT2D eigenvalue weighted by atomic mass is 16.1. The van der Waals surface area contributed by atoms with Gasteiger partial charge in [0, 0.05) is 29.9 Å². The average Bonchev–Trinajstić information content (AvgIpc) is 2.80. The lowest BCUT2D eigenvalue weighted by Gasteiger charge is -2.42. The van der Waals surface area contributed by atoms with Crippen LogP contribution in [0.2, 0.25) is 0 Å². The van der Waals surface area contributed by atoms with Crippen LogP contribution < -0.4 is 11.0 Å². The number of benzene rings is 1. The van der Waals surface area contributed by atoms with Crippen LogP contribution in [0.1, 0.15) is 55.7 Å². The number of hydrogen-bond acceptors (Lipinski definition) is 5. The predicted molar refractivity (Wildman–Crippen MR) is 124 cm³/mol. The first-order valence-electron chi connectivity index (χ1n) is 11.1. The fourth-order valence-corrected chi connectivity index (χ4v) is 5.23. The molecule has 0 atom stereocenters. The lowest BCUT2D eigenvalue weighted by atomic mass is 9.62. The monoisotopic (exact) mass is 413 g/mol. The van der Waals surface area contributed by atoms with Crippen molar-refractivity contribution in [2.45, 2.75) is 57.4 Å². The van der Waals surface area contributed by atoms with Gasteiger partial charge in [-0.3, -0.25) is 14.3 Å². The van der Waals surface area contributed by atoms with Crippen LogP contribution in [-0.4, -0.2) is 20.7 Å². The quantitative estimate of drug-likeness (QED) is 0.504. The molecule has 1 aromatic carbocycles. The van der Waals surface area contributed by atoms with Gasteiger partial charge in [-0.2, -0.15) is 5.10 Å². The van der Waals surface area contributed by atoms with E-state index in [0.29, 0.717) is 12.5 Å². The van der Waals surface area contributed by atoms with E-state index in [4.69, 9.17) is 4.98 Å². The molecule has 5 rings (SSSR count). The molecule has 2 aliphatic carbocycles. The highest BCUT2D eigenvalue weighted by Gasteiger charge is 2.43. The van der Waals surface area contributed by atoms with Crippen LogP contribution in [0.25, 0.3) is 11.3 Å². The van der Waals surface area contributed by atoms with Crippen LogP contribution in [0, 0.1) is 0 Å². The maximum atomic E-state index is 13.8. The molecule has 1 fully saturated rings. The first-order valence-corrected chi connectivity index (χ1v) is 11.1. The van der Waals surface area contributed by atoms with Gasteiger partial charge in [0.25, 0.3) is 5.56 Å². The number of pyridine rings is 1. The molecule has 2 aliphatic rings. The lowest BCUT2D eigenvalue weighted by molar-refractivity contribution is 0.283. The van der Waals surface area contributed by atoms with Gasteiger partial charge in [-0.15, -0.1) is 0 Å². The fourth-order valence-electron chi connectivity index (χ4n) is 5.23. The molecule has 1 spiro atoms. The number of hydrogen-bond donors (Lipinski definition) is 1. The van der Waals surface area contributed by atoms with Gasteiger partial charge in [0.15, 0.2) is 0 Å². The van der Waals surface area contributed by atoms with Gasteiger partial charge in [0.05, 0.1) is 17.5 Å². The Bertz CT molecular complexity index is 1180. The third-order valence-electron chi connectivity index (χ3n) is 6.71. The molecule has 31 heavy (non-hydrogen) atoms. The second-order valence-electron chi connectivity index (χ2n) is 8.53. The van der Waals surface area contributed by atoms with Crippen molar-refractivity contribution in [1.29, 1.82) is 0 Å². The summed E-state index contributed by atoms with van der Waals surface area (Å²) in [6.07, 6.45) is 11.8. The predicted octanol–water partition coefficient (Wildman–Crippen LogP) is 4.53. The van der Waals surface area contributed by atoms with Crippen LogP contribution in [0.3, 0.4) is 0 Å². The Morgan fingerprint density at radius 2 is 1.90 bits per heavy atom. The second-order valence-corrected chi connectivity index (χ2v) is 8.53. The minimum absolute atomic E-state index is 0.0746. The smallest absolute Gasteiger partial charge is 0.259 e.